The molecular weight excluding hydrogens is 280 g/mol. The minimum Gasteiger partial charge on any atom is -0.478 e. The van der Waals surface area contributed by atoms with E-state index in [4.69, 9.17) is 5.11 Å². The van der Waals surface area contributed by atoms with E-state index in [1.165, 1.54) is 18.0 Å². The Balaban J connectivity index is 2.80. The van der Waals surface area contributed by atoms with E-state index in [9.17, 15) is 13.8 Å². The number of hydrogen-bond donors (Lipinski definition) is 2. The van der Waals surface area contributed by atoms with Crippen LogP contribution < -0.4 is 10.2 Å². The summed E-state index contributed by atoms with van der Waals surface area (Å²) in [7, 11) is 0.467. The summed E-state index contributed by atoms with van der Waals surface area (Å²) in [6.07, 6.45) is 1.57. The largest absolute Gasteiger partial charge is 0.478 e. The van der Waals surface area contributed by atoms with Gasteiger partial charge in [0, 0.05) is 35.9 Å². The third-order valence-corrected chi connectivity index (χ3v) is 4.21. The molecule has 0 aliphatic heterocycles. The van der Waals surface area contributed by atoms with Gasteiger partial charge in [-0.1, -0.05) is 12.1 Å². The predicted octanol–water partition coefficient (Wildman–Crippen LogP) is 1.30. The smallest absolute Gasteiger partial charge is 0.337 e. The highest BCUT2D eigenvalue weighted by atomic mass is 32.2. The van der Waals surface area contributed by atoms with Crippen molar-refractivity contribution >= 4 is 28.5 Å². The third kappa shape index (κ3) is 4.06. The maximum atomic E-state index is 12.0. The van der Waals surface area contributed by atoms with Gasteiger partial charge in [-0.2, -0.15) is 0 Å². The van der Waals surface area contributed by atoms with Crippen LogP contribution in [0.25, 0.3) is 0 Å². The summed E-state index contributed by atoms with van der Waals surface area (Å²) >= 11 is 0. The highest BCUT2D eigenvalue weighted by molar-refractivity contribution is 7.84. The van der Waals surface area contributed by atoms with Crippen LogP contribution in [0.4, 0.5) is 10.5 Å². The van der Waals surface area contributed by atoms with Crippen LogP contribution in [0.3, 0.4) is 0 Å². The number of carboxylic acid groups (broad SMARTS) is 1. The Kier molecular flexibility index (Phi) is 5.69. The molecule has 2 N–H and O–H groups in total. The van der Waals surface area contributed by atoms with E-state index in [1.807, 2.05) is 0 Å². The minimum absolute atomic E-state index is 0.0530. The number of carbonyl (C=O) groups is 2. The summed E-state index contributed by atoms with van der Waals surface area (Å²) in [6, 6.07) is 5.82. The van der Waals surface area contributed by atoms with Crippen molar-refractivity contribution in [2.75, 3.05) is 24.7 Å². The maximum Gasteiger partial charge on any atom is 0.337 e. The normalized spacial score (nSPS) is 13.3. The Bertz CT molecular complexity index is 533. The molecule has 0 aliphatic rings. The molecule has 0 bridgehead atoms. The number of amides is 2. The molecule has 0 aromatic heterocycles. The molecule has 2 atom stereocenters. The lowest BCUT2D eigenvalue weighted by atomic mass is 10.1. The first kappa shape index (κ1) is 16.2. The molecule has 2 unspecified atom stereocenters. The van der Waals surface area contributed by atoms with Crippen LogP contribution in [0.2, 0.25) is 0 Å². The quantitative estimate of drug-likeness (QED) is 0.857. The molecule has 0 heterocycles. The number of aromatic carboxylic acids is 1. The molecule has 1 aromatic rings. The summed E-state index contributed by atoms with van der Waals surface area (Å²) in [5, 5.41) is 11.6. The Hall–Kier alpha value is -1.89. The number of nitrogens with zero attached hydrogens (tertiary/aromatic N) is 1. The zero-order chi connectivity index (χ0) is 15.3. The van der Waals surface area contributed by atoms with Crippen molar-refractivity contribution in [3.63, 3.8) is 0 Å². The van der Waals surface area contributed by atoms with Crippen LogP contribution >= 0.6 is 0 Å². The van der Waals surface area contributed by atoms with Crippen molar-refractivity contribution < 1.29 is 18.9 Å². The highest BCUT2D eigenvalue weighted by Gasteiger charge is 2.18. The first-order valence-corrected chi connectivity index (χ1v) is 7.62. The van der Waals surface area contributed by atoms with E-state index < -0.39 is 22.8 Å². The molecule has 20 heavy (non-hydrogen) atoms. The van der Waals surface area contributed by atoms with Gasteiger partial charge >= 0.3 is 12.0 Å². The van der Waals surface area contributed by atoms with Gasteiger partial charge in [0.2, 0.25) is 0 Å². The summed E-state index contributed by atoms with van der Waals surface area (Å²) in [6.45, 7) is 2.03. The Morgan fingerprint density at radius 1 is 1.40 bits per heavy atom. The van der Waals surface area contributed by atoms with Crippen molar-refractivity contribution in [3.8, 4) is 0 Å². The van der Waals surface area contributed by atoms with Gasteiger partial charge in [-0.3, -0.25) is 9.11 Å². The summed E-state index contributed by atoms with van der Waals surface area (Å²) < 4.78 is 11.2. The van der Waals surface area contributed by atoms with Gasteiger partial charge in [-0.05, 0) is 19.1 Å². The van der Waals surface area contributed by atoms with E-state index in [1.54, 1.807) is 31.4 Å². The van der Waals surface area contributed by atoms with Gasteiger partial charge < -0.3 is 10.4 Å². The van der Waals surface area contributed by atoms with Crippen LogP contribution in [0, 0.1) is 0 Å². The topological polar surface area (TPSA) is 86.7 Å². The summed E-state index contributed by atoms with van der Waals surface area (Å²) in [5.74, 6) is -1.09. The number of rotatable bonds is 5. The van der Waals surface area contributed by atoms with E-state index in [-0.39, 0.29) is 17.4 Å². The molecule has 0 fully saturated rings. The van der Waals surface area contributed by atoms with Gasteiger partial charge in [-0.15, -0.1) is 0 Å². The predicted molar refractivity (Wildman–Crippen MR) is 78.7 cm³/mol. The van der Waals surface area contributed by atoms with Crippen LogP contribution in [-0.2, 0) is 10.8 Å². The van der Waals surface area contributed by atoms with Crippen LogP contribution in [-0.4, -0.2) is 46.4 Å². The molecule has 0 spiro atoms. The number of urea groups is 1. The lowest BCUT2D eigenvalue weighted by Crippen LogP contribution is -2.41. The first-order chi connectivity index (χ1) is 9.34. The zero-order valence-electron chi connectivity index (χ0n) is 11.6. The molecule has 7 heteroatoms. The van der Waals surface area contributed by atoms with Crippen molar-refractivity contribution in [1.29, 1.82) is 0 Å². The standard InChI is InChI=1S/C13H18N2O4S/c1-9(20(3)19)8-14-13(18)15(2)11-7-5-4-6-10(11)12(16)17/h4-7,9H,8H2,1-3H3,(H,14,18)(H,16,17). The number of carboxylic acids is 1. The fraction of sp³-hybridized carbons (Fsp3) is 0.385. The maximum absolute atomic E-state index is 12.0. The average molecular weight is 298 g/mol. The number of hydrogen-bond acceptors (Lipinski definition) is 3. The van der Waals surface area contributed by atoms with Crippen molar-refractivity contribution in [2.45, 2.75) is 12.2 Å². The molecule has 0 aliphatic carbocycles. The molecule has 0 radical (unpaired) electrons. The average Bonchev–Trinajstić information content (AvgIpc) is 2.43. The van der Waals surface area contributed by atoms with Crippen molar-refractivity contribution in [1.82, 2.24) is 5.32 Å². The van der Waals surface area contributed by atoms with Crippen LogP contribution in [0.1, 0.15) is 17.3 Å². The molecule has 2 amide bonds. The van der Waals surface area contributed by atoms with Crippen LogP contribution in [0.15, 0.2) is 24.3 Å². The Morgan fingerprint density at radius 2 is 2.00 bits per heavy atom. The second kappa shape index (κ2) is 7.04. The fourth-order valence-electron chi connectivity index (χ4n) is 1.52. The van der Waals surface area contributed by atoms with E-state index in [0.717, 1.165) is 0 Å². The van der Waals surface area contributed by atoms with Crippen LogP contribution in [0.5, 0.6) is 0 Å². The van der Waals surface area contributed by atoms with E-state index in [2.05, 4.69) is 5.32 Å². The number of carbonyl (C=O) groups excluding carboxylic acids is 1. The number of nitrogens with one attached hydrogen (secondary N) is 1. The highest BCUT2D eigenvalue weighted by Crippen LogP contribution is 2.19. The van der Waals surface area contributed by atoms with Gasteiger partial charge in [-0.25, -0.2) is 9.59 Å². The Morgan fingerprint density at radius 3 is 2.55 bits per heavy atom. The second-order valence-electron chi connectivity index (χ2n) is 4.38. The molecule has 0 saturated heterocycles. The zero-order valence-corrected chi connectivity index (χ0v) is 12.4. The van der Waals surface area contributed by atoms with Gasteiger partial charge in [0.1, 0.15) is 0 Å². The van der Waals surface area contributed by atoms with Crippen molar-refractivity contribution in [3.05, 3.63) is 29.8 Å². The summed E-state index contributed by atoms with van der Waals surface area (Å²) in [5.41, 5.74) is 0.361. The number of benzene rings is 1. The molecule has 1 rings (SSSR count). The summed E-state index contributed by atoms with van der Waals surface area (Å²) in [4.78, 5) is 24.3. The van der Waals surface area contributed by atoms with E-state index >= 15 is 0 Å². The molecule has 0 saturated carbocycles. The number of para-hydroxylation sites is 1. The molecular formula is C13H18N2O4S. The van der Waals surface area contributed by atoms with E-state index in [0.29, 0.717) is 5.69 Å². The monoisotopic (exact) mass is 298 g/mol. The number of anilines is 1. The first-order valence-electron chi connectivity index (χ1n) is 6.00. The van der Waals surface area contributed by atoms with Crippen molar-refractivity contribution in [2.24, 2.45) is 0 Å². The lowest BCUT2D eigenvalue weighted by molar-refractivity contribution is 0.0697. The third-order valence-electron chi connectivity index (χ3n) is 2.91. The molecule has 6 nitrogen and oxygen atoms in total. The molecule has 1 aromatic carbocycles. The van der Waals surface area contributed by atoms with Gasteiger partial charge in [0.05, 0.1) is 11.3 Å². The fourth-order valence-corrected chi connectivity index (χ4v) is 1.84. The molecule has 110 valence electrons. The second-order valence-corrected chi connectivity index (χ2v) is 6.18. The Labute approximate surface area is 120 Å². The van der Waals surface area contributed by atoms with Gasteiger partial charge in [0.15, 0.2) is 0 Å². The SMILES string of the molecule is CC(CNC(=O)N(C)c1ccccc1C(=O)O)S(C)=O. The van der Waals surface area contributed by atoms with Gasteiger partial charge in [0.25, 0.3) is 0 Å². The lowest BCUT2D eigenvalue weighted by Gasteiger charge is -2.20. The minimum atomic E-state index is -1.09.